The molecule has 0 unspecified atom stereocenters. The minimum absolute atomic E-state index is 0.195. The van der Waals surface area contributed by atoms with Gasteiger partial charge >= 0.3 is 0 Å². The number of rotatable bonds is 6. The van der Waals surface area contributed by atoms with Gasteiger partial charge in [0.2, 0.25) is 0 Å². The fourth-order valence-electron chi connectivity index (χ4n) is 3.16. The predicted molar refractivity (Wildman–Crippen MR) is 97.6 cm³/mol. The lowest BCUT2D eigenvalue weighted by atomic mass is 10.0. The molecule has 0 aromatic heterocycles. The second-order valence-corrected chi connectivity index (χ2v) is 6.13. The molecule has 1 fully saturated rings. The van der Waals surface area contributed by atoms with Crippen LogP contribution in [0.25, 0.3) is 0 Å². The predicted octanol–water partition coefficient (Wildman–Crippen LogP) is 3.16. The van der Waals surface area contributed by atoms with E-state index in [1.54, 1.807) is 0 Å². The Balaban J connectivity index is 1.64. The van der Waals surface area contributed by atoms with Crippen molar-refractivity contribution >= 4 is 5.69 Å². The zero-order valence-electron chi connectivity index (χ0n) is 13.9. The summed E-state index contributed by atoms with van der Waals surface area (Å²) >= 11 is 0. The second kappa shape index (κ2) is 8.49. The highest BCUT2D eigenvalue weighted by Crippen LogP contribution is 2.25. The molecule has 2 N–H and O–H groups in total. The van der Waals surface area contributed by atoms with Crippen molar-refractivity contribution in [2.24, 2.45) is 0 Å². The third kappa shape index (κ3) is 4.35. The van der Waals surface area contributed by atoms with Crippen LogP contribution in [0.5, 0.6) is 0 Å². The van der Waals surface area contributed by atoms with E-state index in [2.05, 4.69) is 70.1 Å². The molecule has 124 valence electrons. The molecule has 0 aliphatic carbocycles. The van der Waals surface area contributed by atoms with E-state index < -0.39 is 0 Å². The van der Waals surface area contributed by atoms with Gasteiger partial charge in [0.15, 0.2) is 0 Å². The van der Waals surface area contributed by atoms with Crippen molar-refractivity contribution < 1.29 is 0 Å². The van der Waals surface area contributed by atoms with E-state index in [0.717, 1.165) is 38.4 Å². The van der Waals surface area contributed by atoms with Gasteiger partial charge in [0, 0.05) is 44.5 Å². The molecule has 1 aliphatic heterocycles. The van der Waals surface area contributed by atoms with Gasteiger partial charge in [-0.3, -0.25) is 4.90 Å². The molecule has 0 spiro atoms. The van der Waals surface area contributed by atoms with E-state index >= 15 is 0 Å². The van der Waals surface area contributed by atoms with E-state index in [0.29, 0.717) is 6.42 Å². The van der Waals surface area contributed by atoms with Crippen molar-refractivity contribution in [2.45, 2.75) is 19.0 Å². The van der Waals surface area contributed by atoms with Crippen molar-refractivity contribution in [3.05, 3.63) is 65.7 Å². The summed E-state index contributed by atoms with van der Waals surface area (Å²) in [5.41, 5.74) is 3.60. The lowest BCUT2D eigenvalue weighted by molar-refractivity contribution is 0.175. The van der Waals surface area contributed by atoms with E-state index in [1.165, 1.54) is 11.1 Å². The SMILES string of the molecule is N#CC[C@H](c1ccc(NCc2ccccc2)cc1)N1CCNCC1. The molecule has 3 rings (SSSR count). The first-order valence-electron chi connectivity index (χ1n) is 8.56. The Morgan fingerprint density at radius 2 is 1.75 bits per heavy atom. The van der Waals surface area contributed by atoms with Gasteiger partial charge in [-0.2, -0.15) is 5.26 Å². The smallest absolute Gasteiger partial charge is 0.0641 e. The van der Waals surface area contributed by atoms with Crippen molar-refractivity contribution in [3.8, 4) is 6.07 Å². The Kier molecular flexibility index (Phi) is 5.84. The van der Waals surface area contributed by atoms with Crippen LogP contribution in [0.4, 0.5) is 5.69 Å². The van der Waals surface area contributed by atoms with Crippen LogP contribution >= 0.6 is 0 Å². The van der Waals surface area contributed by atoms with Crippen molar-refractivity contribution in [2.75, 3.05) is 31.5 Å². The van der Waals surface area contributed by atoms with E-state index in [-0.39, 0.29) is 6.04 Å². The average molecular weight is 320 g/mol. The number of nitrogens with one attached hydrogen (secondary N) is 2. The number of benzene rings is 2. The van der Waals surface area contributed by atoms with Crippen LogP contribution < -0.4 is 10.6 Å². The highest BCUT2D eigenvalue weighted by molar-refractivity contribution is 5.45. The Hall–Kier alpha value is -2.35. The molecular formula is C20H24N4. The van der Waals surface area contributed by atoms with Crippen molar-refractivity contribution in [3.63, 3.8) is 0 Å². The van der Waals surface area contributed by atoms with E-state index in [4.69, 9.17) is 0 Å². The zero-order valence-corrected chi connectivity index (χ0v) is 13.9. The van der Waals surface area contributed by atoms with Crippen LogP contribution in [0.15, 0.2) is 54.6 Å². The molecule has 1 atom stereocenters. The standard InChI is InChI=1S/C20H24N4/c21-11-10-20(24-14-12-22-13-15-24)18-6-8-19(9-7-18)23-16-17-4-2-1-3-5-17/h1-9,20,22-23H,10,12-16H2/t20-/m1/s1. The molecule has 2 aromatic carbocycles. The maximum absolute atomic E-state index is 9.19. The maximum atomic E-state index is 9.19. The molecule has 1 saturated heterocycles. The first kappa shape index (κ1) is 16.5. The number of hydrogen-bond donors (Lipinski definition) is 2. The number of piperazine rings is 1. The lowest BCUT2D eigenvalue weighted by Crippen LogP contribution is -2.45. The summed E-state index contributed by atoms with van der Waals surface area (Å²) in [6.07, 6.45) is 0.538. The summed E-state index contributed by atoms with van der Waals surface area (Å²) in [6, 6.07) is 21.5. The Bertz CT molecular complexity index is 654. The van der Waals surface area contributed by atoms with Gasteiger partial charge in [-0.05, 0) is 23.3 Å². The summed E-state index contributed by atoms with van der Waals surface area (Å²) in [6.45, 7) is 4.82. The normalized spacial score (nSPS) is 16.3. The molecular weight excluding hydrogens is 296 g/mol. The zero-order chi connectivity index (χ0) is 16.6. The van der Waals surface area contributed by atoms with Crippen LogP contribution in [0.2, 0.25) is 0 Å². The summed E-state index contributed by atoms with van der Waals surface area (Å²) in [5, 5.41) is 16.0. The van der Waals surface area contributed by atoms with E-state index in [1.807, 2.05) is 6.07 Å². The number of hydrogen-bond acceptors (Lipinski definition) is 4. The maximum Gasteiger partial charge on any atom is 0.0641 e. The van der Waals surface area contributed by atoms with E-state index in [9.17, 15) is 5.26 Å². The van der Waals surface area contributed by atoms with Crippen LogP contribution in [-0.4, -0.2) is 31.1 Å². The van der Waals surface area contributed by atoms with Crippen LogP contribution in [0, 0.1) is 11.3 Å². The van der Waals surface area contributed by atoms with Gasteiger partial charge in [0.05, 0.1) is 12.5 Å². The monoisotopic (exact) mass is 320 g/mol. The molecule has 1 aliphatic rings. The highest BCUT2D eigenvalue weighted by atomic mass is 15.2. The van der Waals surface area contributed by atoms with Gasteiger partial charge in [-0.25, -0.2) is 0 Å². The van der Waals surface area contributed by atoms with Gasteiger partial charge in [0.1, 0.15) is 0 Å². The van der Waals surface area contributed by atoms with Crippen molar-refractivity contribution in [1.82, 2.24) is 10.2 Å². The average Bonchev–Trinajstić information content (AvgIpc) is 2.66. The first-order chi connectivity index (χ1) is 11.9. The second-order valence-electron chi connectivity index (χ2n) is 6.13. The summed E-state index contributed by atoms with van der Waals surface area (Å²) in [7, 11) is 0. The minimum atomic E-state index is 0.195. The number of nitrogens with zero attached hydrogens (tertiary/aromatic N) is 2. The molecule has 1 heterocycles. The third-order valence-corrected chi connectivity index (χ3v) is 4.51. The number of anilines is 1. The largest absolute Gasteiger partial charge is 0.381 e. The third-order valence-electron chi connectivity index (χ3n) is 4.51. The van der Waals surface area contributed by atoms with Gasteiger partial charge in [0.25, 0.3) is 0 Å². The molecule has 2 aromatic rings. The van der Waals surface area contributed by atoms with Gasteiger partial charge < -0.3 is 10.6 Å². The molecule has 0 radical (unpaired) electrons. The Labute approximate surface area is 144 Å². The van der Waals surface area contributed by atoms with Crippen molar-refractivity contribution in [1.29, 1.82) is 5.26 Å². The summed E-state index contributed by atoms with van der Waals surface area (Å²) in [4.78, 5) is 2.41. The highest BCUT2D eigenvalue weighted by Gasteiger charge is 2.21. The minimum Gasteiger partial charge on any atom is -0.381 e. The molecule has 0 amide bonds. The topological polar surface area (TPSA) is 51.1 Å². The van der Waals surface area contributed by atoms with Crippen LogP contribution in [0.1, 0.15) is 23.6 Å². The fraction of sp³-hybridized carbons (Fsp3) is 0.350. The van der Waals surface area contributed by atoms with Gasteiger partial charge in [-0.1, -0.05) is 42.5 Å². The van der Waals surface area contributed by atoms with Gasteiger partial charge in [-0.15, -0.1) is 0 Å². The summed E-state index contributed by atoms with van der Waals surface area (Å²) < 4.78 is 0. The quantitative estimate of drug-likeness (QED) is 0.858. The first-order valence-corrected chi connectivity index (χ1v) is 8.56. The number of nitriles is 1. The fourth-order valence-corrected chi connectivity index (χ4v) is 3.16. The molecule has 24 heavy (non-hydrogen) atoms. The Morgan fingerprint density at radius 1 is 1.04 bits per heavy atom. The molecule has 4 heteroatoms. The molecule has 4 nitrogen and oxygen atoms in total. The van der Waals surface area contributed by atoms with Crippen LogP contribution in [-0.2, 0) is 6.54 Å². The Morgan fingerprint density at radius 3 is 2.42 bits per heavy atom. The summed E-state index contributed by atoms with van der Waals surface area (Å²) in [5.74, 6) is 0. The lowest BCUT2D eigenvalue weighted by Gasteiger charge is -2.34. The molecule has 0 bridgehead atoms. The van der Waals surface area contributed by atoms with Crippen LogP contribution in [0.3, 0.4) is 0 Å². The molecule has 0 saturated carbocycles.